The fraction of sp³-hybridized carbons (Fsp3) is 0.133. The largest absolute Gasteiger partial charge is 0.300 e. The lowest BCUT2D eigenvalue weighted by molar-refractivity contribution is 0.0162. The second-order valence-electron chi connectivity index (χ2n) is 4.77. The Morgan fingerprint density at radius 3 is 2.48 bits per heavy atom. The molecule has 2 aromatic rings. The minimum absolute atomic E-state index is 0.0840. The smallest absolute Gasteiger partial charge is 0.254 e. The number of halogens is 1. The van der Waals surface area contributed by atoms with Gasteiger partial charge in [0.2, 0.25) is 0 Å². The van der Waals surface area contributed by atoms with Crippen LogP contribution in [-0.2, 0) is 20.2 Å². The van der Waals surface area contributed by atoms with Gasteiger partial charge in [0.15, 0.2) is 0 Å². The highest BCUT2D eigenvalue weighted by Crippen LogP contribution is 2.40. The van der Waals surface area contributed by atoms with Gasteiger partial charge < -0.3 is 0 Å². The Hall–Kier alpha value is -2.05. The van der Waals surface area contributed by atoms with Gasteiger partial charge >= 0.3 is 0 Å². The minimum Gasteiger partial charge on any atom is -0.254 e. The van der Waals surface area contributed by atoms with Crippen LogP contribution in [0.25, 0.3) is 0 Å². The van der Waals surface area contributed by atoms with Crippen LogP contribution in [0.4, 0.5) is 10.1 Å². The SMILES string of the molecule is Cc1ccc(S(=O)(=O)OC2(F)C=Nc3ccccc32)cc1. The number of hydrogen-bond acceptors (Lipinski definition) is 4. The molecule has 0 radical (unpaired) electrons. The number of hydrogen-bond donors (Lipinski definition) is 0. The van der Waals surface area contributed by atoms with Crippen LogP contribution in [0, 0.1) is 6.92 Å². The van der Waals surface area contributed by atoms with E-state index in [9.17, 15) is 12.8 Å². The van der Waals surface area contributed by atoms with Gasteiger partial charge in [0.1, 0.15) is 0 Å². The van der Waals surface area contributed by atoms with Gasteiger partial charge in [0.25, 0.3) is 16.0 Å². The Labute approximate surface area is 122 Å². The number of nitrogens with zero attached hydrogens (tertiary/aromatic N) is 1. The van der Waals surface area contributed by atoms with Gasteiger partial charge in [0.05, 0.1) is 16.8 Å². The Morgan fingerprint density at radius 1 is 1.10 bits per heavy atom. The standard InChI is InChI=1S/C15H12FNO3S/c1-11-6-8-12(9-7-11)21(18,19)20-15(16)10-17-14-5-3-2-4-13(14)15/h2-10H,1H3. The zero-order chi connectivity index (χ0) is 15.1. The molecular formula is C15H12FNO3S. The highest BCUT2D eigenvalue weighted by molar-refractivity contribution is 7.86. The summed E-state index contributed by atoms with van der Waals surface area (Å²) in [6.45, 7) is 1.83. The number of fused-ring (bicyclic) bond motifs is 1. The fourth-order valence-corrected chi connectivity index (χ4v) is 3.09. The number of para-hydroxylation sites is 1. The van der Waals surface area contributed by atoms with Crippen LogP contribution >= 0.6 is 0 Å². The summed E-state index contributed by atoms with van der Waals surface area (Å²) in [5.41, 5.74) is 1.34. The molecule has 1 aliphatic rings. The number of rotatable bonds is 3. The molecule has 21 heavy (non-hydrogen) atoms. The van der Waals surface area contributed by atoms with Gasteiger partial charge in [-0.1, -0.05) is 35.9 Å². The van der Waals surface area contributed by atoms with Gasteiger partial charge in [-0.05, 0) is 25.1 Å². The Bertz CT molecular complexity index is 815. The van der Waals surface area contributed by atoms with E-state index in [1.54, 1.807) is 30.3 Å². The maximum atomic E-state index is 14.8. The molecule has 108 valence electrons. The summed E-state index contributed by atoms with van der Waals surface area (Å²) in [5.74, 6) is -2.57. The number of benzene rings is 2. The summed E-state index contributed by atoms with van der Waals surface area (Å²) in [4.78, 5) is 3.76. The van der Waals surface area contributed by atoms with E-state index in [0.29, 0.717) is 5.69 Å². The Kier molecular flexibility index (Phi) is 3.15. The molecule has 6 heteroatoms. The van der Waals surface area contributed by atoms with Crippen molar-refractivity contribution in [3.05, 3.63) is 59.7 Å². The van der Waals surface area contributed by atoms with Crippen molar-refractivity contribution in [1.82, 2.24) is 0 Å². The lowest BCUT2D eigenvalue weighted by Crippen LogP contribution is -2.27. The van der Waals surface area contributed by atoms with Crippen molar-refractivity contribution in [2.45, 2.75) is 17.7 Å². The number of aryl methyl sites for hydroxylation is 1. The lowest BCUT2D eigenvalue weighted by atomic mass is 10.1. The average molecular weight is 305 g/mol. The van der Waals surface area contributed by atoms with Gasteiger partial charge in [-0.15, -0.1) is 0 Å². The molecule has 0 fully saturated rings. The van der Waals surface area contributed by atoms with E-state index in [1.807, 2.05) is 6.92 Å². The van der Waals surface area contributed by atoms with Crippen molar-refractivity contribution in [2.75, 3.05) is 0 Å². The maximum Gasteiger partial charge on any atom is 0.300 e. The second kappa shape index (κ2) is 4.75. The van der Waals surface area contributed by atoms with Gasteiger partial charge in [0, 0.05) is 5.56 Å². The number of aliphatic imine (C=N–C) groups is 1. The highest BCUT2D eigenvalue weighted by atomic mass is 32.2. The van der Waals surface area contributed by atoms with Crippen molar-refractivity contribution < 1.29 is 17.0 Å². The first-order valence-corrected chi connectivity index (χ1v) is 7.67. The molecule has 0 saturated heterocycles. The average Bonchev–Trinajstić information content (AvgIpc) is 2.77. The van der Waals surface area contributed by atoms with E-state index in [1.165, 1.54) is 18.2 Å². The second-order valence-corrected chi connectivity index (χ2v) is 6.32. The van der Waals surface area contributed by atoms with E-state index in [2.05, 4.69) is 4.99 Å². The van der Waals surface area contributed by atoms with Crippen molar-refractivity contribution in [3.63, 3.8) is 0 Å². The molecule has 0 saturated carbocycles. The predicted molar refractivity (Wildman–Crippen MR) is 76.8 cm³/mol. The van der Waals surface area contributed by atoms with Gasteiger partial charge in [-0.2, -0.15) is 12.8 Å². The third-order valence-electron chi connectivity index (χ3n) is 3.18. The molecule has 1 aliphatic heterocycles. The molecule has 0 spiro atoms. The van der Waals surface area contributed by atoms with Crippen LogP contribution in [0.3, 0.4) is 0 Å². The molecule has 4 nitrogen and oxygen atoms in total. The quantitative estimate of drug-likeness (QED) is 0.818. The maximum absolute atomic E-state index is 14.8. The zero-order valence-electron chi connectivity index (χ0n) is 11.2. The summed E-state index contributed by atoms with van der Waals surface area (Å²) < 4.78 is 44.0. The molecule has 0 aromatic heterocycles. The van der Waals surface area contributed by atoms with E-state index < -0.39 is 16.0 Å². The molecule has 1 unspecified atom stereocenters. The molecular weight excluding hydrogens is 293 g/mol. The van der Waals surface area contributed by atoms with Crippen LogP contribution < -0.4 is 0 Å². The predicted octanol–water partition coefficient (Wildman–Crippen LogP) is 3.24. The molecule has 0 bridgehead atoms. The summed E-state index contributed by atoms with van der Waals surface area (Å²) in [6.07, 6.45) is 0.864. The summed E-state index contributed by atoms with van der Waals surface area (Å²) in [6, 6.07) is 12.3. The molecule has 0 aliphatic carbocycles. The van der Waals surface area contributed by atoms with Crippen LogP contribution in [0.5, 0.6) is 0 Å². The first-order valence-electron chi connectivity index (χ1n) is 6.27. The molecule has 0 amide bonds. The van der Waals surface area contributed by atoms with Crippen molar-refractivity contribution in [1.29, 1.82) is 0 Å². The van der Waals surface area contributed by atoms with Gasteiger partial charge in [-0.3, -0.25) is 4.99 Å². The van der Waals surface area contributed by atoms with Crippen LogP contribution in [0.2, 0.25) is 0 Å². The first kappa shape index (κ1) is 13.9. The van der Waals surface area contributed by atoms with E-state index in [-0.39, 0.29) is 10.5 Å². The molecule has 1 atom stereocenters. The van der Waals surface area contributed by atoms with Crippen LogP contribution in [0.15, 0.2) is 58.4 Å². The molecule has 1 heterocycles. The molecule has 2 aromatic carbocycles. The van der Waals surface area contributed by atoms with Gasteiger partial charge in [-0.25, -0.2) is 4.18 Å². The summed E-state index contributed by atoms with van der Waals surface area (Å²) in [7, 11) is -4.23. The van der Waals surface area contributed by atoms with Crippen molar-refractivity contribution in [2.24, 2.45) is 4.99 Å². The van der Waals surface area contributed by atoms with E-state index in [0.717, 1.165) is 11.8 Å². The van der Waals surface area contributed by atoms with Crippen molar-refractivity contribution in [3.8, 4) is 0 Å². The first-order chi connectivity index (χ1) is 9.91. The summed E-state index contributed by atoms with van der Waals surface area (Å²) >= 11 is 0. The molecule has 0 N–H and O–H groups in total. The van der Waals surface area contributed by atoms with E-state index >= 15 is 0 Å². The Balaban J connectivity index is 1.97. The zero-order valence-corrected chi connectivity index (χ0v) is 12.0. The normalized spacial score (nSPS) is 20.5. The van der Waals surface area contributed by atoms with Crippen LogP contribution in [-0.4, -0.2) is 14.6 Å². The fourth-order valence-electron chi connectivity index (χ4n) is 2.08. The monoisotopic (exact) mass is 305 g/mol. The van der Waals surface area contributed by atoms with E-state index in [4.69, 9.17) is 4.18 Å². The summed E-state index contributed by atoms with van der Waals surface area (Å²) in [5, 5.41) is 0. The number of alkyl halides is 1. The third-order valence-corrected chi connectivity index (χ3v) is 4.49. The minimum atomic E-state index is -4.23. The topological polar surface area (TPSA) is 55.7 Å². The lowest BCUT2D eigenvalue weighted by Gasteiger charge is -2.18. The third kappa shape index (κ3) is 2.48. The van der Waals surface area contributed by atoms with Crippen LogP contribution in [0.1, 0.15) is 11.1 Å². The van der Waals surface area contributed by atoms with Crippen molar-refractivity contribution >= 4 is 22.0 Å². The highest BCUT2D eigenvalue weighted by Gasteiger charge is 2.42. The molecule has 3 rings (SSSR count). The Morgan fingerprint density at radius 2 is 1.76 bits per heavy atom.